The minimum absolute atomic E-state index is 0.140. The highest BCUT2D eigenvalue weighted by Gasteiger charge is 2.13. The molecule has 0 bridgehead atoms. The molecule has 0 aliphatic carbocycles. The fraction of sp³-hybridized carbons (Fsp3) is 0.500. The number of rotatable bonds is 7. The summed E-state index contributed by atoms with van der Waals surface area (Å²) in [6, 6.07) is 5.62. The van der Waals surface area contributed by atoms with E-state index in [9.17, 15) is 9.59 Å². The lowest BCUT2D eigenvalue weighted by Crippen LogP contribution is -2.31. The van der Waals surface area contributed by atoms with Crippen molar-refractivity contribution < 1.29 is 9.21 Å². The van der Waals surface area contributed by atoms with E-state index in [1.54, 1.807) is 17.8 Å². The predicted molar refractivity (Wildman–Crippen MR) is 105 cm³/mol. The van der Waals surface area contributed by atoms with Crippen LogP contribution >= 0.6 is 11.8 Å². The molecule has 0 radical (unpaired) electrons. The van der Waals surface area contributed by atoms with Gasteiger partial charge in [0.05, 0.1) is 5.75 Å². The smallest absolute Gasteiger partial charge is 0.336 e. The molecule has 0 atom stereocenters. The summed E-state index contributed by atoms with van der Waals surface area (Å²) in [5.74, 6) is 1.59. The van der Waals surface area contributed by atoms with E-state index in [4.69, 9.17) is 4.42 Å². The molecule has 1 aromatic heterocycles. The maximum absolute atomic E-state index is 12.1. The first-order valence-corrected chi connectivity index (χ1v) is 9.95. The molecule has 0 fully saturated rings. The lowest BCUT2D eigenvalue weighted by atomic mass is 9.95. The van der Waals surface area contributed by atoms with E-state index in [-0.39, 0.29) is 11.5 Å². The first-order valence-electron chi connectivity index (χ1n) is 8.80. The quantitative estimate of drug-likeness (QED) is 0.689. The van der Waals surface area contributed by atoms with Gasteiger partial charge in [-0.3, -0.25) is 4.79 Å². The average Bonchev–Trinajstić information content (AvgIpc) is 2.54. The van der Waals surface area contributed by atoms with Gasteiger partial charge >= 0.3 is 5.63 Å². The van der Waals surface area contributed by atoms with Crippen LogP contribution in [0.4, 0.5) is 0 Å². The number of carbonyl (C=O) groups is 1. The van der Waals surface area contributed by atoms with Crippen LogP contribution in [0.3, 0.4) is 0 Å². The highest BCUT2D eigenvalue weighted by Crippen LogP contribution is 2.28. The zero-order valence-electron chi connectivity index (χ0n) is 15.7. The summed E-state index contributed by atoms with van der Waals surface area (Å²) in [6.07, 6.45) is 0. The minimum Gasteiger partial charge on any atom is -0.423 e. The molecule has 0 saturated carbocycles. The maximum Gasteiger partial charge on any atom is 0.336 e. The Hall–Kier alpha value is -1.75. The Morgan fingerprint density at radius 3 is 2.48 bits per heavy atom. The van der Waals surface area contributed by atoms with Gasteiger partial charge in [0.25, 0.3) is 0 Å². The van der Waals surface area contributed by atoms with Gasteiger partial charge in [0.15, 0.2) is 0 Å². The maximum atomic E-state index is 12.1. The standard InChI is InChI=1S/C20H27NO3S/c1-6-21(7-2)19(22)12-25-11-15-9-20(23)24-18-8-14(5)16(13(3)4)10-17(15)18/h8-10,13H,6-7,11-12H2,1-5H3. The molecule has 2 rings (SSSR count). The van der Waals surface area contributed by atoms with Crippen LogP contribution in [0.5, 0.6) is 0 Å². The van der Waals surface area contributed by atoms with E-state index in [1.807, 2.05) is 31.7 Å². The molecule has 1 amide bonds. The van der Waals surface area contributed by atoms with Gasteiger partial charge in [-0.05, 0) is 55.5 Å². The molecule has 1 aromatic carbocycles. The summed E-state index contributed by atoms with van der Waals surface area (Å²) in [5.41, 5.74) is 3.61. The Bertz CT molecular complexity index is 806. The third-order valence-electron chi connectivity index (χ3n) is 4.44. The molecule has 0 aliphatic rings. The molecule has 4 nitrogen and oxygen atoms in total. The molecule has 0 spiro atoms. The molecule has 1 heterocycles. The predicted octanol–water partition coefficient (Wildman–Crippen LogP) is 4.33. The second-order valence-corrected chi connectivity index (χ2v) is 7.49. The van der Waals surface area contributed by atoms with E-state index in [0.29, 0.717) is 23.0 Å². The van der Waals surface area contributed by atoms with Crippen LogP contribution in [0, 0.1) is 6.92 Å². The van der Waals surface area contributed by atoms with E-state index in [0.717, 1.165) is 29.6 Å². The summed E-state index contributed by atoms with van der Waals surface area (Å²) in [6.45, 7) is 11.8. The molecule has 0 N–H and O–H groups in total. The van der Waals surface area contributed by atoms with Crippen molar-refractivity contribution >= 4 is 28.6 Å². The number of aryl methyl sites for hydroxylation is 1. The van der Waals surface area contributed by atoms with Crippen LogP contribution in [0.15, 0.2) is 27.4 Å². The fourth-order valence-corrected chi connectivity index (χ4v) is 3.97. The summed E-state index contributed by atoms with van der Waals surface area (Å²) in [4.78, 5) is 25.8. The largest absolute Gasteiger partial charge is 0.423 e. The van der Waals surface area contributed by atoms with Crippen molar-refractivity contribution in [2.24, 2.45) is 0 Å². The summed E-state index contributed by atoms with van der Waals surface area (Å²) < 4.78 is 5.38. The van der Waals surface area contributed by atoms with Gasteiger partial charge in [-0.25, -0.2) is 4.79 Å². The number of hydrogen-bond donors (Lipinski definition) is 0. The van der Waals surface area contributed by atoms with Crippen molar-refractivity contribution in [1.82, 2.24) is 4.90 Å². The van der Waals surface area contributed by atoms with Crippen LogP contribution < -0.4 is 5.63 Å². The second-order valence-electron chi connectivity index (χ2n) is 6.51. The molecule has 0 unspecified atom stereocenters. The Morgan fingerprint density at radius 1 is 1.20 bits per heavy atom. The number of benzene rings is 1. The van der Waals surface area contributed by atoms with Gasteiger partial charge in [0, 0.05) is 30.3 Å². The normalized spacial score (nSPS) is 11.3. The van der Waals surface area contributed by atoms with Crippen LogP contribution in [0.1, 0.15) is 50.3 Å². The van der Waals surface area contributed by atoms with Gasteiger partial charge in [0.2, 0.25) is 5.91 Å². The summed E-state index contributed by atoms with van der Waals surface area (Å²) in [7, 11) is 0. The van der Waals surface area contributed by atoms with Crippen molar-refractivity contribution in [1.29, 1.82) is 0 Å². The second kappa shape index (κ2) is 8.56. The van der Waals surface area contributed by atoms with Crippen LogP contribution in [-0.2, 0) is 10.5 Å². The lowest BCUT2D eigenvalue weighted by molar-refractivity contribution is -0.127. The Kier molecular flexibility index (Phi) is 6.71. The molecule has 0 aliphatic heterocycles. The van der Waals surface area contributed by atoms with Crippen molar-refractivity contribution in [2.45, 2.75) is 46.3 Å². The Morgan fingerprint density at radius 2 is 1.88 bits per heavy atom. The van der Waals surface area contributed by atoms with E-state index < -0.39 is 0 Å². The molecule has 25 heavy (non-hydrogen) atoms. The van der Waals surface area contributed by atoms with E-state index in [2.05, 4.69) is 19.9 Å². The van der Waals surface area contributed by atoms with Crippen molar-refractivity contribution in [3.8, 4) is 0 Å². The first-order chi connectivity index (χ1) is 11.9. The molecule has 5 heteroatoms. The van der Waals surface area contributed by atoms with E-state index in [1.165, 1.54) is 5.56 Å². The number of nitrogens with zero attached hydrogens (tertiary/aromatic N) is 1. The molecular weight excluding hydrogens is 334 g/mol. The van der Waals surface area contributed by atoms with Crippen molar-refractivity contribution in [3.63, 3.8) is 0 Å². The van der Waals surface area contributed by atoms with Crippen molar-refractivity contribution in [3.05, 3.63) is 45.3 Å². The molecule has 2 aromatic rings. The Labute approximate surface area is 153 Å². The van der Waals surface area contributed by atoms with Gasteiger partial charge < -0.3 is 9.32 Å². The fourth-order valence-electron chi connectivity index (χ4n) is 3.05. The number of amides is 1. The van der Waals surface area contributed by atoms with Crippen LogP contribution in [0.25, 0.3) is 11.0 Å². The lowest BCUT2D eigenvalue weighted by Gasteiger charge is -2.18. The number of thioether (sulfide) groups is 1. The van der Waals surface area contributed by atoms with E-state index >= 15 is 0 Å². The van der Waals surface area contributed by atoms with Crippen LogP contribution in [0.2, 0.25) is 0 Å². The number of hydrogen-bond acceptors (Lipinski definition) is 4. The zero-order valence-corrected chi connectivity index (χ0v) is 16.5. The topological polar surface area (TPSA) is 50.5 Å². The number of carbonyl (C=O) groups excluding carboxylic acids is 1. The summed E-state index contributed by atoms with van der Waals surface area (Å²) >= 11 is 1.54. The SMILES string of the molecule is CCN(CC)C(=O)CSCc1cc(=O)oc2cc(C)c(C(C)C)cc12. The molecule has 136 valence electrons. The third kappa shape index (κ3) is 4.66. The summed E-state index contributed by atoms with van der Waals surface area (Å²) in [5, 5.41) is 0.969. The average molecular weight is 362 g/mol. The third-order valence-corrected chi connectivity index (χ3v) is 5.40. The van der Waals surface area contributed by atoms with Gasteiger partial charge in [-0.1, -0.05) is 13.8 Å². The van der Waals surface area contributed by atoms with Gasteiger partial charge in [0.1, 0.15) is 5.58 Å². The monoisotopic (exact) mass is 361 g/mol. The van der Waals surface area contributed by atoms with Crippen molar-refractivity contribution in [2.75, 3.05) is 18.8 Å². The molecular formula is C20H27NO3S. The minimum atomic E-state index is -0.338. The molecule has 0 saturated heterocycles. The Balaban J connectivity index is 2.26. The van der Waals surface area contributed by atoms with Gasteiger partial charge in [-0.2, -0.15) is 0 Å². The highest BCUT2D eigenvalue weighted by molar-refractivity contribution is 7.99. The van der Waals surface area contributed by atoms with Gasteiger partial charge in [-0.15, -0.1) is 11.8 Å². The number of fused-ring (bicyclic) bond motifs is 1. The zero-order chi connectivity index (χ0) is 18.6. The highest BCUT2D eigenvalue weighted by atomic mass is 32.2. The first kappa shape index (κ1) is 19.6. The van der Waals surface area contributed by atoms with Crippen LogP contribution in [-0.4, -0.2) is 29.6 Å².